The fourth-order valence-electron chi connectivity index (χ4n) is 4.38. The Kier molecular flexibility index (Phi) is 4.15. The lowest BCUT2D eigenvalue weighted by atomic mass is 9.86. The Morgan fingerprint density at radius 2 is 2.10 bits per heavy atom. The lowest BCUT2D eigenvalue weighted by molar-refractivity contribution is -0.169. The quantitative estimate of drug-likeness (QED) is 0.397. The lowest BCUT2D eigenvalue weighted by Crippen LogP contribution is -2.45. The number of cyclic esters (lactones) is 1. The molecule has 1 aromatic carbocycles. The van der Waals surface area contributed by atoms with Crippen LogP contribution in [0.25, 0.3) is 22.3 Å². The fourth-order valence-corrected chi connectivity index (χ4v) is 4.95. The number of esters is 1. The van der Waals surface area contributed by atoms with E-state index in [0.29, 0.717) is 17.9 Å². The van der Waals surface area contributed by atoms with Crippen molar-refractivity contribution < 1.29 is 23.5 Å². The van der Waals surface area contributed by atoms with E-state index in [9.17, 15) is 19.0 Å². The van der Waals surface area contributed by atoms with Crippen molar-refractivity contribution >= 4 is 25.1 Å². The normalized spacial score (nSPS) is 19.8. The van der Waals surface area contributed by atoms with Crippen molar-refractivity contribution in [2.75, 3.05) is 0 Å². The van der Waals surface area contributed by atoms with E-state index in [1.54, 1.807) is 17.6 Å². The van der Waals surface area contributed by atoms with Crippen LogP contribution in [0.1, 0.15) is 35.6 Å². The van der Waals surface area contributed by atoms with Gasteiger partial charge in [0.1, 0.15) is 6.61 Å². The molecule has 0 bridgehead atoms. The molecule has 9 heteroatoms. The van der Waals surface area contributed by atoms with Gasteiger partial charge in [0.05, 0.1) is 29.0 Å². The molecule has 8 nitrogen and oxygen atoms in total. The highest BCUT2D eigenvalue weighted by Crippen LogP contribution is 2.44. The molecule has 0 saturated carbocycles. The van der Waals surface area contributed by atoms with E-state index in [1.165, 1.54) is 0 Å². The van der Waals surface area contributed by atoms with Gasteiger partial charge in [-0.15, -0.1) is 4.89 Å². The maximum absolute atomic E-state index is 13.3. The van der Waals surface area contributed by atoms with Crippen LogP contribution in [0, 0.1) is 6.92 Å². The Morgan fingerprint density at radius 1 is 1.30 bits per heavy atom. The predicted molar refractivity (Wildman–Crippen MR) is 108 cm³/mol. The van der Waals surface area contributed by atoms with Gasteiger partial charge in [0.15, 0.2) is 0 Å². The summed E-state index contributed by atoms with van der Waals surface area (Å²) in [6.45, 7) is 3.80. The second-order valence-electron chi connectivity index (χ2n) is 7.59. The van der Waals surface area contributed by atoms with Crippen LogP contribution in [-0.4, -0.2) is 20.4 Å². The molecule has 2 aliphatic heterocycles. The first-order chi connectivity index (χ1) is 14.3. The molecule has 1 unspecified atom stereocenters. The molecule has 30 heavy (non-hydrogen) atoms. The second kappa shape index (κ2) is 6.54. The number of fused-ring (bicyclic) bond motifs is 5. The van der Waals surface area contributed by atoms with Crippen LogP contribution in [0.5, 0.6) is 0 Å². The molecule has 0 saturated heterocycles. The van der Waals surface area contributed by atoms with Gasteiger partial charge in [0, 0.05) is 21.1 Å². The molecule has 2 atom stereocenters. The van der Waals surface area contributed by atoms with Crippen LogP contribution >= 0.6 is 8.25 Å². The van der Waals surface area contributed by atoms with E-state index in [4.69, 9.17) is 14.2 Å². The van der Waals surface area contributed by atoms with Crippen molar-refractivity contribution in [3.8, 4) is 11.4 Å². The van der Waals surface area contributed by atoms with Crippen molar-refractivity contribution in [1.29, 1.82) is 0 Å². The molecular formula is C21H18N2O6P+. The van der Waals surface area contributed by atoms with Crippen LogP contribution in [0.3, 0.4) is 0 Å². The molecule has 152 valence electrons. The van der Waals surface area contributed by atoms with Gasteiger partial charge in [-0.3, -0.25) is 4.79 Å². The van der Waals surface area contributed by atoms with Crippen LogP contribution in [0.2, 0.25) is 0 Å². The maximum atomic E-state index is 13.3. The number of nitrogens with zero attached hydrogens (tertiary/aromatic N) is 2. The molecule has 2 aliphatic rings. The Balaban J connectivity index is 1.78. The summed E-state index contributed by atoms with van der Waals surface area (Å²) in [7, 11) is -3.10. The summed E-state index contributed by atoms with van der Waals surface area (Å²) in [5.41, 5.74) is 2.43. The lowest BCUT2D eigenvalue weighted by Gasteiger charge is -2.31. The molecule has 3 aromatic rings. The van der Waals surface area contributed by atoms with Crippen molar-refractivity contribution in [1.82, 2.24) is 9.55 Å². The minimum absolute atomic E-state index is 0.0423. The molecule has 0 aliphatic carbocycles. The molecule has 4 heterocycles. The van der Waals surface area contributed by atoms with E-state index in [2.05, 4.69) is 0 Å². The summed E-state index contributed by atoms with van der Waals surface area (Å²) in [5, 5.41) is 0.987. The van der Waals surface area contributed by atoms with Gasteiger partial charge in [-0.25, -0.2) is 9.78 Å². The van der Waals surface area contributed by atoms with E-state index < -0.39 is 19.8 Å². The second-order valence-corrected chi connectivity index (χ2v) is 8.25. The van der Waals surface area contributed by atoms with Gasteiger partial charge in [-0.1, -0.05) is 23.1 Å². The number of ether oxygens (including phenoxy) is 1. The van der Waals surface area contributed by atoms with Crippen molar-refractivity contribution in [3.05, 3.63) is 62.9 Å². The number of benzene rings is 1. The summed E-state index contributed by atoms with van der Waals surface area (Å²) < 4.78 is 23.4. The highest BCUT2D eigenvalue weighted by atomic mass is 31.1. The number of hydrogen-bond donors (Lipinski definition) is 1. The summed E-state index contributed by atoms with van der Waals surface area (Å²) >= 11 is 0. The van der Waals surface area contributed by atoms with Gasteiger partial charge in [0.2, 0.25) is 5.60 Å². The van der Waals surface area contributed by atoms with Gasteiger partial charge >= 0.3 is 14.2 Å². The third kappa shape index (κ3) is 2.58. The van der Waals surface area contributed by atoms with Gasteiger partial charge in [-0.05, 0) is 37.6 Å². The zero-order valence-corrected chi connectivity index (χ0v) is 17.2. The Bertz CT molecular complexity index is 1330. The first-order valence-corrected chi connectivity index (χ1v) is 10.7. The summed E-state index contributed by atoms with van der Waals surface area (Å²) in [6.07, 6.45) is 0.0423. The SMILES string of the molecule is CC[C@@]1(O[P+](=O)O)C(=O)OCc2c1cc1n(c2=O)Cc2cc3cc(C)ccc3nc2-1. The van der Waals surface area contributed by atoms with Gasteiger partial charge in [0.25, 0.3) is 5.56 Å². The summed E-state index contributed by atoms with van der Waals surface area (Å²) in [6, 6.07) is 9.64. The molecule has 0 radical (unpaired) electrons. The fraction of sp³-hybridized carbons (Fsp3) is 0.286. The number of pyridine rings is 2. The molecule has 0 spiro atoms. The number of carbonyl (C=O) groups is 1. The zero-order valence-electron chi connectivity index (χ0n) is 16.3. The van der Waals surface area contributed by atoms with Gasteiger partial charge < -0.3 is 9.30 Å². The average molecular weight is 425 g/mol. The smallest absolute Gasteiger partial charge is 0.458 e. The number of carbonyl (C=O) groups excluding carboxylic acids is 1. The minimum Gasteiger partial charge on any atom is -0.458 e. The predicted octanol–water partition coefficient (Wildman–Crippen LogP) is 3.06. The molecule has 2 aromatic heterocycles. The largest absolute Gasteiger partial charge is 0.696 e. The van der Waals surface area contributed by atoms with Crippen LogP contribution in [0.15, 0.2) is 35.1 Å². The number of hydrogen-bond acceptors (Lipinski definition) is 6. The number of rotatable bonds is 3. The topological polar surface area (TPSA) is 108 Å². The van der Waals surface area contributed by atoms with Gasteiger partial charge in [-0.2, -0.15) is 0 Å². The first-order valence-electron chi connectivity index (χ1n) is 9.54. The summed E-state index contributed by atoms with van der Waals surface area (Å²) in [5.74, 6) is -0.778. The average Bonchev–Trinajstić information content (AvgIpc) is 3.06. The highest BCUT2D eigenvalue weighted by Gasteiger charge is 2.54. The monoisotopic (exact) mass is 425 g/mol. The van der Waals surface area contributed by atoms with Crippen LogP contribution in [0.4, 0.5) is 0 Å². The molecule has 0 amide bonds. The van der Waals surface area contributed by atoms with E-state index in [1.807, 2.05) is 31.2 Å². The third-order valence-electron chi connectivity index (χ3n) is 5.86. The Labute approximate surface area is 172 Å². The minimum atomic E-state index is -3.10. The van der Waals surface area contributed by atoms with Crippen molar-refractivity contribution in [2.24, 2.45) is 0 Å². The third-order valence-corrected chi connectivity index (χ3v) is 6.33. The van der Waals surface area contributed by atoms with Crippen LogP contribution in [-0.2, 0) is 37.4 Å². The molecule has 0 fully saturated rings. The molecule has 1 N–H and O–H groups in total. The molecule has 5 rings (SSSR count). The standard InChI is InChI=1S/C21H17N2O6P/c1-3-21(29-30(26)27)15-8-17-18-13(7-12-6-11(2)4-5-16(12)22-18)9-23(17)19(24)14(15)10-28-20(21)25/h4-8H,3,9-10H2,1-2H3/p+1/t21-/m0/s1. The van der Waals surface area contributed by atoms with Crippen LogP contribution < -0.4 is 5.56 Å². The van der Waals surface area contributed by atoms with Crippen molar-refractivity contribution in [2.45, 2.75) is 39.0 Å². The maximum Gasteiger partial charge on any atom is 0.696 e. The number of aryl methyl sites for hydroxylation is 1. The van der Waals surface area contributed by atoms with E-state index >= 15 is 0 Å². The Hall–Kier alpha value is -2.93. The number of aromatic nitrogens is 2. The zero-order chi connectivity index (χ0) is 21.2. The van der Waals surface area contributed by atoms with E-state index in [0.717, 1.165) is 22.0 Å². The Morgan fingerprint density at radius 3 is 2.83 bits per heavy atom. The van der Waals surface area contributed by atoms with E-state index in [-0.39, 0.29) is 29.7 Å². The van der Waals surface area contributed by atoms with Crippen molar-refractivity contribution in [3.63, 3.8) is 0 Å². The molecular weight excluding hydrogens is 407 g/mol. The first kappa shape index (κ1) is 19.1. The summed E-state index contributed by atoms with van der Waals surface area (Å²) in [4.78, 5) is 40.0. The highest BCUT2D eigenvalue weighted by molar-refractivity contribution is 7.32.